The van der Waals surface area contributed by atoms with Crippen LogP contribution in [0.3, 0.4) is 0 Å². The van der Waals surface area contributed by atoms with Crippen LogP contribution in [0, 0.1) is 0 Å². The standard InChI is InChI=1S/C16H20N2O2/c1-4-20-16-15(9-6-10-17-16)18-12(2)13-7-5-8-14(11-13)19-3/h5-12,18H,4H2,1-3H3. The van der Waals surface area contributed by atoms with Crippen LogP contribution >= 0.6 is 0 Å². The number of aromatic nitrogens is 1. The number of hydrogen-bond acceptors (Lipinski definition) is 4. The molecule has 1 atom stereocenters. The average molecular weight is 272 g/mol. The van der Waals surface area contributed by atoms with Crippen LogP contribution in [0.2, 0.25) is 0 Å². The highest BCUT2D eigenvalue weighted by Crippen LogP contribution is 2.27. The molecular formula is C16H20N2O2. The number of methoxy groups -OCH3 is 1. The molecule has 4 nitrogen and oxygen atoms in total. The normalized spacial score (nSPS) is 11.8. The molecule has 1 unspecified atom stereocenters. The van der Waals surface area contributed by atoms with Gasteiger partial charge in [-0.25, -0.2) is 4.98 Å². The van der Waals surface area contributed by atoms with E-state index in [0.717, 1.165) is 17.0 Å². The number of ether oxygens (including phenoxy) is 2. The Bertz CT molecular complexity index is 558. The van der Waals surface area contributed by atoms with Crippen LogP contribution in [0.1, 0.15) is 25.5 Å². The fourth-order valence-electron chi connectivity index (χ4n) is 1.98. The third-order valence-electron chi connectivity index (χ3n) is 3.02. The second-order valence-corrected chi connectivity index (χ2v) is 4.43. The molecule has 0 saturated heterocycles. The summed E-state index contributed by atoms with van der Waals surface area (Å²) in [4.78, 5) is 4.24. The minimum absolute atomic E-state index is 0.133. The number of hydrogen-bond donors (Lipinski definition) is 1. The van der Waals surface area contributed by atoms with Gasteiger partial charge < -0.3 is 14.8 Å². The highest BCUT2D eigenvalue weighted by atomic mass is 16.5. The van der Waals surface area contributed by atoms with Crippen molar-refractivity contribution in [2.45, 2.75) is 19.9 Å². The monoisotopic (exact) mass is 272 g/mol. The highest BCUT2D eigenvalue weighted by molar-refractivity contribution is 5.53. The largest absolute Gasteiger partial charge is 0.497 e. The smallest absolute Gasteiger partial charge is 0.237 e. The van der Waals surface area contributed by atoms with Gasteiger partial charge in [0.15, 0.2) is 0 Å². The highest BCUT2D eigenvalue weighted by Gasteiger charge is 2.10. The van der Waals surface area contributed by atoms with Crippen molar-refractivity contribution in [3.63, 3.8) is 0 Å². The van der Waals surface area contributed by atoms with Crippen LogP contribution in [0.4, 0.5) is 5.69 Å². The molecule has 0 amide bonds. The summed E-state index contributed by atoms with van der Waals surface area (Å²) < 4.78 is 10.8. The lowest BCUT2D eigenvalue weighted by molar-refractivity contribution is 0.328. The van der Waals surface area contributed by atoms with Crippen molar-refractivity contribution in [3.8, 4) is 11.6 Å². The Morgan fingerprint density at radius 1 is 1.25 bits per heavy atom. The lowest BCUT2D eigenvalue weighted by Gasteiger charge is -2.18. The quantitative estimate of drug-likeness (QED) is 0.871. The van der Waals surface area contributed by atoms with E-state index in [4.69, 9.17) is 9.47 Å². The second-order valence-electron chi connectivity index (χ2n) is 4.43. The Morgan fingerprint density at radius 3 is 2.85 bits per heavy atom. The van der Waals surface area contributed by atoms with Gasteiger partial charge in [0.1, 0.15) is 5.75 Å². The maximum atomic E-state index is 5.52. The van der Waals surface area contributed by atoms with Crippen molar-refractivity contribution in [2.24, 2.45) is 0 Å². The maximum absolute atomic E-state index is 5.52. The van der Waals surface area contributed by atoms with E-state index in [1.807, 2.05) is 37.3 Å². The first-order chi connectivity index (χ1) is 9.74. The zero-order chi connectivity index (χ0) is 14.4. The van der Waals surface area contributed by atoms with Crippen LogP contribution in [0.15, 0.2) is 42.6 Å². The summed E-state index contributed by atoms with van der Waals surface area (Å²) in [5.41, 5.74) is 2.04. The van der Waals surface area contributed by atoms with E-state index in [9.17, 15) is 0 Å². The molecule has 0 radical (unpaired) electrons. The first-order valence-corrected chi connectivity index (χ1v) is 6.73. The van der Waals surface area contributed by atoms with Crippen molar-refractivity contribution in [1.82, 2.24) is 4.98 Å². The van der Waals surface area contributed by atoms with Gasteiger partial charge in [0.2, 0.25) is 5.88 Å². The minimum Gasteiger partial charge on any atom is -0.497 e. The molecular weight excluding hydrogens is 252 g/mol. The number of rotatable bonds is 6. The third kappa shape index (κ3) is 3.41. The molecule has 1 heterocycles. The van der Waals surface area contributed by atoms with Crippen molar-refractivity contribution in [3.05, 3.63) is 48.2 Å². The van der Waals surface area contributed by atoms with Gasteiger partial charge in [0, 0.05) is 12.2 Å². The Kier molecular flexibility index (Phi) is 4.82. The SMILES string of the molecule is CCOc1ncccc1NC(C)c1cccc(OC)c1. The number of nitrogens with zero attached hydrogens (tertiary/aromatic N) is 1. The van der Waals surface area contributed by atoms with Crippen molar-refractivity contribution < 1.29 is 9.47 Å². The molecule has 1 aromatic carbocycles. The van der Waals surface area contributed by atoms with Gasteiger partial charge in [-0.1, -0.05) is 12.1 Å². The van der Waals surface area contributed by atoms with E-state index in [1.54, 1.807) is 13.3 Å². The van der Waals surface area contributed by atoms with Crippen LogP contribution in [0.25, 0.3) is 0 Å². The summed E-state index contributed by atoms with van der Waals surface area (Å²) in [6, 6.07) is 12.0. The molecule has 0 fully saturated rings. The van der Waals surface area contributed by atoms with Gasteiger partial charge in [0.05, 0.1) is 19.4 Å². The summed E-state index contributed by atoms with van der Waals surface area (Å²) in [6.07, 6.45) is 1.73. The zero-order valence-electron chi connectivity index (χ0n) is 12.1. The first-order valence-electron chi connectivity index (χ1n) is 6.73. The molecule has 1 aromatic heterocycles. The van der Waals surface area contributed by atoms with Crippen molar-refractivity contribution in [2.75, 3.05) is 19.0 Å². The molecule has 0 saturated carbocycles. The van der Waals surface area contributed by atoms with Gasteiger partial charge >= 0.3 is 0 Å². The molecule has 2 rings (SSSR count). The van der Waals surface area contributed by atoms with E-state index in [-0.39, 0.29) is 6.04 Å². The first kappa shape index (κ1) is 14.2. The van der Waals surface area contributed by atoms with Gasteiger partial charge in [-0.3, -0.25) is 0 Å². The average Bonchev–Trinajstić information content (AvgIpc) is 2.49. The van der Waals surface area contributed by atoms with Crippen molar-refractivity contribution >= 4 is 5.69 Å². The van der Waals surface area contributed by atoms with Gasteiger partial charge in [-0.05, 0) is 43.7 Å². The summed E-state index contributed by atoms with van der Waals surface area (Å²) in [7, 11) is 1.67. The van der Waals surface area contributed by atoms with E-state index >= 15 is 0 Å². The fourth-order valence-corrected chi connectivity index (χ4v) is 1.98. The molecule has 0 aliphatic heterocycles. The van der Waals surface area contributed by atoms with E-state index in [1.165, 1.54) is 0 Å². The van der Waals surface area contributed by atoms with Crippen molar-refractivity contribution in [1.29, 1.82) is 0 Å². The Labute approximate surface area is 119 Å². The molecule has 0 aliphatic carbocycles. The third-order valence-corrected chi connectivity index (χ3v) is 3.02. The molecule has 0 bridgehead atoms. The van der Waals surface area contributed by atoms with E-state index in [2.05, 4.69) is 23.3 Å². The van der Waals surface area contributed by atoms with Gasteiger partial charge in [-0.2, -0.15) is 0 Å². The molecule has 0 aliphatic rings. The summed E-state index contributed by atoms with van der Waals surface area (Å²) in [5, 5.41) is 3.42. The fraction of sp³-hybridized carbons (Fsp3) is 0.312. The maximum Gasteiger partial charge on any atom is 0.237 e. The predicted molar refractivity (Wildman–Crippen MR) is 80.4 cm³/mol. The summed E-state index contributed by atoms with van der Waals surface area (Å²) in [5.74, 6) is 1.48. The number of pyridine rings is 1. The number of nitrogens with one attached hydrogen (secondary N) is 1. The zero-order valence-corrected chi connectivity index (χ0v) is 12.1. The Morgan fingerprint density at radius 2 is 2.10 bits per heavy atom. The van der Waals surface area contributed by atoms with Gasteiger partial charge in [0.25, 0.3) is 0 Å². The predicted octanol–water partition coefficient (Wildman–Crippen LogP) is 3.66. The number of benzene rings is 1. The lowest BCUT2D eigenvalue weighted by Crippen LogP contribution is -2.09. The molecule has 20 heavy (non-hydrogen) atoms. The summed E-state index contributed by atoms with van der Waals surface area (Å²) >= 11 is 0. The Balaban J connectivity index is 2.16. The van der Waals surface area contributed by atoms with Crippen LogP contribution < -0.4 is 14.8 Å². The summed E-state index contributed by atoms with van der Waals surface area (Å²) in [6.45, 7) is 4.64. The second kappa shape index (κ2) is 6.80. The van der Waals surface area contributed by atoms with Crippen LogP contribution in [-0.4, -0.2) is 18.7 Å². The number of anilines is 1. The van der Waals surface area contributed by atoms with Gasteiger partial charge in [-0.15, -0.1) is 0 Å². The Hall–Kier alpha value is -2.23. The molecule has 4 heteroatoms. The topological polar surface area (TPSA) is 43.4 Å². The minimum atomic E-state index is 0.133. The lowest BCUT2D eigenvalue weighted by atomic mass is 10.1. The molecule has 0 spiro atoms. The van der Waals surface area contributed by atoms with E-state index < -0.39 is 0 Å². The molecule has 1 N–H and O–H groups in total. The van der Waals surface area contributed by atoms with Crippen LogP contribution in [-0.2, 0) is 0 Å². The van der Waals surface area contributed by atoms with Crippen LogP contribution in [0.5, 0.6) is 11.6 Å². The molecule has 106 valence electrons. The molecule has 2 aromatic rings. The van der Waals surface area contributed by atoms with E-state index in [0.29, 0.717) is 12.5 Å².